The third-order valence-electron chi connectivity index (χ3n) is 3.70. The third-order valence-corrected chi connectivity index (χ3v) is 4.02. The number of hydrogen-bond acceptors (Lipinski definition) is 2. The van der Waals surface area contributed by atoms with Gasteiger partial charge in [-0.3, -0.25) is 0 Å². The molecule has 1 fully saturated rings. The minimum absolute atomic E-state index is 0.866. The Morgan fingerprint density at radius 1 is 1.20 bits per heavy atom. The Morgan fingerprint density at radius 3 is 2.67 bits per heavy atom. The van der Waals surface area contributed by atoms with Crippen molar-refractivity contribution in [1.29, 1.82) is 0 Å². The van der Waals surface area contributed by atoms with Crippen LogP contribution in [0.2, 0.25) is 0 Å². The first kappa shape index (κ1) is 13.4. The van der Waals surface area contributed by atoms with Gasteiger partial charge in [-0.15, -0.1) is 0 Å². The maximum atomic E-state index is 4.25. The molecule has 1 nitrogen and oxygen atoms in total. The van der Waals surface area contributed by atoms with Crippen LogP contribution in [0.5, 0.6) is 0 Å². The van der Waals surface area contributed by atoms with E-state index in [9.17, 15) is 0 Å². The van der Waals surface area contributed by atoms with E-state index in [4.69, 9.17) is 0 Å². The summed E-state index contributed by atoms with van der Waals surface area (Å²) < 4.78 is 0. The zero-order chi connectivity index (χ0) is 11.1. The monoisotopic (exact) mass is 229 g/mol. The Bertz CT molecular complexity index is 161. The molecule has 0 aromatic carbocycles. The quantitative estimate of drug-likeness (QED) is 0.538. The lowest BCUT2D eigenvalue weighted by Crippen LogP contribution is -2.36. The molecule has 15 heavy (non-hydrogen) atoms. The lowest BCUT2D eigenvalue weighted by atomic mass is 9.86. The summed E-state index contributed by atoms with van der Waals surface area (Å²) in [6.45, 7) is 3.69. The van der Waals surface area contributed by atoms with Crippen molar-refractivity contribution in [3.05, 3.63) is 0 Å². The summed E-state index contributed by atoms with van der Waals surface area (Å²) in [7, 11) is 2.31. The van der Waals surface area contributed by atoms with E-state index < -0.39 is 0 Å². The van der Waals surface area contributed by atoms with E-state index in [1.807, 2.05) is 0 Å². The van der Waals surface area contributed by atoms with E-state index in [0.29, 0.717) is 0 Å². The summed E-state index contributed by atoms with van der Waals surface area (Å²) in [6, 6.07) is 0.866. The van der Waals surface area contributed by atoms with Crippen LogP contribution in [0.3, 0.4) is 0 Å². The van der Waals surface area contributed by atoms with E-state index in [2.05, 4.69) is 31.5 Å². The zero-order valence-corrected chi connectivity index (χ0v) is 11.3. The van der Waals surface area contributed by atoms with Crippen LogP contribution in [0.4, 0.5) is 0 Å². The molecule has 2 atom stereocenters. The number of nitrogens with zero attached hydrogens (tertiary/aromatic N) is 1. The highest BCUT2D eigenvalue weighted by Gasteiger charge is 2.21. The van der Waals surface area contributed by atoms with Crippen molar-refractivity contribution in [3.8, 4) is 0 Å². The normalized spacial score (nSPS) is 27.2. The van der Waals surface area contributed by atoms with Gasteiger partial charge in [-0.05, 0) is 50.9 Å². The van der Waals surface area contributed by atoms with Crippen LogP contribution in [-0.4, -0.2) is 30.3 Å². The molecule has 0 radical (unpaired) electrons. The predicted molar refractivity (Wildman–Crippen MR) is 71.8 cm³/mol. The Kier molecular flexibility index (Phi) is 6.74. The Hall–Kier alpha value is 0.310. The van der Waals surface area contributed by atoms with Crippen molar-refractivity contribution in [3.63, 3.8) is 0 Å². The van der Waals surface area contributed by atoms with Crippen molar-refractivity contribution < 1.29 is 0 Å². The molecule has 2 heteroatoms. The van der Waals surface area contributed by atoms with Crippen molar-refractivity contribution in [2.24, 2.45) is 5.92 Å². The lowest BCUT2D eigenvalue weighted by molar-refractivity contribution is 0.162. The van der Waals surface area contributed by atoms with E-state index in [-0.39, 0.29) is 0 Å². The molecule has 1 aliphatic carbocycles. The molecule has 0 amide bonds. The highest BCUT2D eigenvalue weighted by atomic mass is 32.1. The SMILES string of the molecule is CC1CCCC(N(C)CCCCCS)C1. The minimum atomic E-state index is 0.866. The molecule has 1 saturated carbocycles. The van der Waals surface area contributed by atoms with E-state index in [0.717, 1.165) is 17.7 Å². The summed E-state index contributed by atoms with van der Waals surface area (Å²) in [5, 5.41) is 0. The van der Waals surface area contributed by atoms with Gasteiger partial charge in [0.05, 0.1) is 0 Å². The van der Waals surface area contributed by atoms with Gasteiger partial charge in [0.15, 0.2) is 0 Å². The Balaban J connectivity index is 2.12. The highest BCUT2D eigenvalue weighted by Crippen LogP contribution is 2.26. The molecule has 0 spiro atoms. The van der Waals surface area contributed by atoms with Crippen molar-refractivity contribution >= 4 is 12.6 Å². The zero-order valence-electron chi connectivity index (χ0n) is 10.4. The van der Waals surface area contributed by atoms with Crippen LogP contribution in [0.1, 0.15) is 51.9 Å². The molecule has 0 N–H and O–H groups in total. The molecule has 0 bridgehead atoms. The highest BCUT2D eigenvalue weighted by molar-refractivity contribution is 7.80. The molecule has 1 aliphatic rings. The molecular formula is C13H27NS. The fourth-order valence-corrected chi connectivity index (χ4v) is 2.86. The first-order chi connectivity index (χ1) is 7.24. The van der Waals surface area contributed by atoms with E-state index in [1.165, 1.54) is 51.5 Å². The molecule has 0 saturated heterocycles. The molecule has 0 heterocycles. The second-order valence-electron chi connectivity index (χ2n) is 5.19. The van der Waals surface area contributed by atoms with Gasteiger partial charge in [0, 0.05) is 6.04 Å². The van der Waals surface area contributed by atoms with Crippen molar-refractivity contribution in [2.75, 3.05) is 19.3 Å². The topological polar surface area (TPSA) is 3.24 Å². The van der Waals surface area contributed by atoms with E-state index >= 15 is 0 Å². The molecule has 1 rings (SSSR count). The van der Waals surface area contributed by atoms with Gasteiger partial charge in [0.2, 0.25) is 0 Å². The largest absolute Gasteiger partial charge is 0.303 e. The standard InChI is InChI=1S/C13H27NS/c1-12-7-6-8-13(11-12)14(2)9-4-3-5-10-15/h12-13,15H,3-11H2,1-2H3. The van der Waals surface area contributed by atoms with Gasteiger partial charge in [-0.1, -0.05) is 26.2 Å². The average molecular weight is 229 g/mol. The van der Waals surface area contributed by atoms with Crippen LogP contribution in [0, 0.1) is 5.92 Å². The summed E-state index contributed by atoms with van der Waals surface area (Å²) in [6.07, 6.45) is 9.70. The maximum absolute atomic E-state index is 4.25. The van der Waals surface area contributed by atoms with Crippen LogP contribution in [0.15, 0.2) is 0 Å². The van der Waals surface area contributed by atoms with E-state index in [1.54, 1.807) is 0 Å². The smallest absolute Gasteiger partial charge is 0.00947 e. The predicted octanol–water partition coefficient (Wildman–Crippen LogP) is 3.60. The third kappa shape index (κ3) is 5.26. The molecular weight excluding hydrogens is 202 g/mol. The second kappa shape index (κ2) is 7.56. The van der Waals surface area contributed by atoms with Gasteiger partial charge in [-0.2, -0.15) is 12.6 Å². The van der Waals surface area contributed by atoms with Gasteiger partial charge in [-0.25, -0.2) is 0 Å². The maximum Gasteiger partial charge on any atom is 0.00947 e. The summed E-state index contributed by atoms with van der Waals surface area (Å²) >= 11 is 4.25. The van der Waals surface area contributed by atoms with Gasteiger partial charge in [0.25, 0.3) is 0 Å². The molecule has 0 aromatic rings. The van der Waals surface area contributed by atoms with Crippen molar-refractivity contribution in [1.82, 2.24) is 4.90 Å². The summed E-state index contributed by atoms with van der Waals surface area (Å²) in [5.74, 6) is 1.99. The van der Waals surface area contributed by atoms with Crippen LogP contribution in [-0.2, 0) is 0 Å². The van der Waals surface area contributed by atoms with Gasteiger partial charge >= 0.3 is 0 Å². The second-order valence-corrected chi connectivity index (χ2v) is 5.64. The summed E-state index contributed by atoms with van der Waals surface area (Å²) in [5.41, 5.74) is 0. The van der Waals surface area contributed by atoms with Crippen LogP contribution < -0.4 is 0 Å². The fraction of sp³-hybridized carbons (Fsp3) is 1.00. The van der Waals surface area contributed by atoms with Crippen molar-refractivity contribution in [2.45, 2.75) is 57.9 Å². The first-order valence-corrected chi connectivity index (χ1v) is 7.18. The lowest BCUT2D eigenvalue weighted by Gasteiger charge is -2.34. The minimum Gasteiger partial charge on any atom is -0.303 e. The number of thiol groups is 1. The fourth-order valence-electron chi connectivity index (χ4n) is 2.63. The molecule has 2 unspecified atom stereocenters. The first-order valence-electron chi connectivity index (χ1n) is 6.55. The average Bonchev–Trinajstić information content (AvgIpc) is 2.24. The number of unbranched alkanes of at least 4 members (excludes halogenated alkanes) is 2. The number of rotatable bonds is 6. The summed E-state index contributed by atoms with van der Waals surface area (Å²) in [4.78, 5) is 2.59. The number of hydrogen-bond donors (Lipinski definition) is 1. The molecule has 0 aromatic heterocycles. The van der Waals surface area contributed by atoms with Gasteiger partial charge < -0.3 is 4.90 Å². The van der Waals surface area contributed by atoms with Crippen LogP contribution >= 0.6 is 12.6 Å². The Labute approximate surface area is 101 Å². The van der Waals surface area contributed by atoms with Gasteiger partial charge in [0.1, 0.15) is 0 Å². The Morgan fingerprint density at radius 2 is 2.00 bits per heavy atom. The molecule has 0 aliphatic heterocycles. The van der Waals surface area contributed by atoms with Crippen LogP contribution in [0.25, 0.3) is 0 Å². The molecule has 90 valence electrons.